The van der Waals surface area contributed by atoms with Gasteiger partial charge in [-0.3, -0.25) is 0 Å². The number of anilines is 2. The van der Waals surface area contributed by atoms with Gasteiger partial charge in [-0.1, -0.05) is 19.9 Å². The Labute approximate surface area is 111 Å². The number of hydrogen-bond donors (Lipinski definition) is 1. The van der Waals surface area contributed by atoms with Crippen LogP contribution >= 0.6 is 0 Å². The van der Waals surface area contributed by atoms with Crippen molar-refractivity contribution >= 4 is 11.4 Å². The second-order valence-corrected chi connectivity index (χ2v) is 6.57. The van der Waals surface area contributed by atoms with E-state index < -0.39 is 0 Å². The van der Waals surface area contributed by atoms with Gasteiger partial charge in [0.05, 0.1) is 11.4 Å². The third-order valence-corrected chi connectivity index (χ3v) is 4.42. The zero-order valence-electron chi connectivity index (χ0n) is 12.2. The standard InChI is InChI=1S/C16H26N2/c1-12-5-6-15(14(17)11-12)18(4)13-7-9-16(2,3)10-8-13/h5-6,11,13H,7-10,17H2,1-4H3. The summed E-state index contributed by atoms with van der Waals surface area (Å²) in [5.41, 5.74) is 9.99. The molecule has 2 N–H and O–H groups in total. The second kappa shape index (κ2) is 4.83. The number of aryl methyl sites for hydroxylation is 1. The van der Waals surface area contributed by atoms with E-state index in [1.165, 1.54) is 36.9 Å². The Kier molecular flexibility index (Phi) is 3.56. The summed E-state index contributed by atoms with van der Waals surface area (Å²) in [6, 6.07) is 7.01. The molecule has 0 saturated heterocycles. The monoisotopic (exact) mass is 246 g/mol. The number of nitrogen functional groups attached to an aromatic ring is 1. The van der Waals surface area contributed by atoms with Gasteiger partial charge < -0.3 is 10.6 Å². The van der Waals surface area contributed by atoms with Gasteiger partial charge in [0, 0.05) is 13.1 Å². The van der Waals surface area contributed by atoms with Crippen molar-refractivity contribution in [1.29, 1.82) is 0 Å². The molecule has 0 atom stereocenters. The average molecular weight is 246 g/mol. The lowest BCUT2D eigenvalue weighted by atomic mass is 9.75. The third kappa shape index (κ3) is 2.80. The van der Waals surface area contributed by atoms with Gasteiger partial charge in [-0.05, 0) is 55.7 Å². The predicted octanol–water partition coefficient (Wildman–Crippen LogP) is 3.98. The average Bonchev–Trinajstić information content (AvgIpc) is 2.28. The van der Waals surface area contributed by atoms with Crippen molar-refractivity contribution in [3.8, 4) is 0 Å². The van der Waals surface area contributed by atoms with E-state index in [2.05, 4.69) is 50.9 Å². The molecule has 2 heteroatoms. The SMILES string of the molecule is Cc1ccc(N(C)C2CCC(C)(C)CC2)c(N)c1. The van der Waals surface area contributed by atoms with Crippen molar-refractivity contribution in [2.75, 3.05) is 17.7 Å². The van der Waals surface area contributed by atoms with Crippen molar-refractivity contribution in [3.05, 3.63) is 23.8 Å². The molecule has 1 saturated carbocycles. The van der Waals surface area contributed by atoms with Crippen LogP contribution in [0.25, 0.3) is 0 Å². The Bertz CT molecular complexity index is 413. The maximum Gasteiger partial charge on any atom is 0.0600 e. The van der Waals surface area contributed by atoms with Crippen molar-refractivity contribution < 1.29 is 0 Å². The highest BCUT2D eigenvalue weighted by atomic mass is 15.1. The molecule has 18 heavy (non-hydrogen) atoms. The van der Waals surface area contributed by atoms with Crippen LogP contribution in [0.1, 0.15) is 45.1 Å². The number of hydrogen-bond acceptors (Lipinski definition) is 2. The van der Waals surface area contributed by atoms with E-state index in [4.69, 9.17) is 5.73 Å². The molecule has 0 bridgehead atoms. The molecule has 0 heterocycles. The zero-order valence-corrected chi connectivity index (χ0v) is 12.2. The minimum atomic E-state index is 0.524. The molecule has 1 aromatic carbocycles. The highest BCUT2D eigenvalue weighted by Gasteiger charge is 2.29. The molecule has 0 aliphatic heterocycles. The van der Waals surface area contributed by atoms with Crippen LogP contribution < -0.4 is 10.6 Å². The van der Waals surface area contributed by atoms with Gasteiger partial charge >= 0.3 is 0 Å². The first kappa shape index (κ1) is 13.3. The van der Waals surface area contributed by atoms with Crippen LogP contribution in [-0.2, 0) is 0 Å². The largest absolute Gasteiger partial charge is 0.397 e. The van der Waals surface area contributed by atoms with Crippen molar-refractivity contribution in [3.63, 3.8) is 0 Å². The number of benzene rings is 1. The fraction of sp³-hybridized carbons (Fsp3) is 0.625. The molecule has 1 fully saturated rings. The van der Waals surface area contributed by atoms with Crippen LogP contribution in [0.5, 0.6) is 0 Å². The van der Waals surface area contributed by atoms with Crippen LogP contribution in [0.2, 0.25) is 0 Å². The van der Waals surface area contributed by atoms with E-state index in [0.717, 1.165) is 5.69 Å². The Morgan fingerprint density at radius 2 is 1.83 bits per heavy atom. The van der Waals surface area contributed by atoms with Gasteiger partial charge in [0.2, 0.25) is 0 Å². The molecule has 0 unspecified atom stereocenters. The Morgan fingerprint density at radius 3 is 2.39 bits per heavy atom. The summed E-state index contributed by atoms with van der Waals surface area (Å²) in [5, 5.41) is 0. The molecule has 1 aliphatic carbocycles. The summed E-state index contributed by atoms with van der Waals surface area (Å²) in [7, 11) is 2.18. The number of nitrogens with zero attached hydrogens (tertiary/aromatic N) is 1. The van der Waals surface area contributed by atoms with Crippen LogP contribution in [0.15, 0.2) is 18.2 Å². The highest BCUT2D eigenvalue weighted by Crippen LogP contribution is 2.38. The lowest BCUT2D eigenvalue weighted by Gasteiger charge is -2.40. The lowest BCUT2D eigenvalue weighted by molar-refractivity contribution is 0.222. The van der Waals surface area contributed by atoms with E-state index >= 15 is 0 Å². The molecule has 1 aliphatic rings. The van der Waals surface area contributed by atoms with E-state index in [-0.39, 0.29) is 0 Å². The Balaban J connectivity index is 2.10. The predicted molar refractivity (Wildman–Crippen MR) is 80.0 cm³/mol. The summed E-state index contributed by atoms with van der Waals surface area (Å²) in [5.74, 6) is 0. The minimum absolute atomic E-state index is 0.524. The smallest absolute Gasteiger partial charge is 0.0600 e. The molecule has 0 aromatic heterocycles. The first-order chi connectivity index (χ1) is 8.39. The first-order valence-electron chi connectivity index (χ1n) is 6.98. The summed E-state index contributed by atoms with van der Waals surface area (Å²) < 4.78 is 0. The van der Waals surface area contributed by atoms with Crippen LogP contribution in [0.4, 0.5) is 11.4 Å². The summed E-state index contributed by atoms with van der Waals surface area (Å²) in [6.45, 7) is 6.84. The molecule has 2 rings (SSSR count). The van der Waals surface area contributed by atoms with E-state index in [9.17, 15) is 0 Å². The Morgan fingerprint density at radius 1 is 1.22 bits per heavy atom. The topological polar surface area (TPSA) is 29.3 Å². The lowest BCUT2D eigenvalue weighted by Crippen LogP contribution is -2.37. The second-order valence-electron chi connectivity index (χ2n) is 6.57. The molecule has 0 spiro atoms. The van der Waals surface area contributed by atoms with Gasteiger partial charge in [-0.25, -0.2) is 0 Å². The summed E-state index contributed by atoms with van der Waals surface area (Å²) >= 11 is 0. The van der Waals surface area contributed by atoms with Crippen LogP contribution in [0.3, 0.4) is 0 Å². The zero-order chi connectivity index (χ0) is 13.3. The Hall–Kier alpha value is -1.18. The molecule has 1 aromatic rings. The van der Waals surface area contributed by atoms with Crippen molar-refractivity contribution in [2.45, 2.75) is 52.5 Å². The molecular weight excluding hydrogens is 220 g/mol. The van der Waals surface area contributed by atoms with Gasteiger partial charge in [-0.15, -0.1) is 0 Å². The fourth-order valence-electron chi connectivity index (χ4n) is 2.96. The van der Waals surface area contributed by atoms with E-state index in [0.29, 0.717) is 11.5 Å². The first-order valence-corrected chi connectivity index (χ1v) is 6.98. The third-order valence-electron chi connectivity index (χ3n) is 4.42. The van der Waals surface area contributed by atoms with Crippen LogP contribution in [-0.4, -0.2) is 13.1 Å². The van der Waals surface area contributed by atoms with Gasteiger partial charge in [0.25, 0.3) is 0 Å². The van der Waals surface area contributed by atoms with Crippen molar-refractivity contribution in [2.24, 2.45) is 5.41 Å². The van der Waals surface area contributed by atoms with Gasteiger partial charge in [0.15, 0.2) is 0 Å². The summed E-state index contributed by atoms with van der Waals surface area (Å²) in [6.07, 6.45) is 5.18. The van der Waals surface area contributed by atoms with Gasteiger partial charge in [-0.2, -0.15) is 0 Å². The quantitative estimate of drug-likeness (QED) is 0.800. The summed E-state index contributed by atoms with van der Waals surface area (Å²) in [4.78, 5) is 2.38. The minimum Gasteiger partial charge on any atom is -0.397 e. The molecule has 0 amide bonds. The number of rotatable bonds is 2. The van der Waals surface area contributed by atoms with Crippen LogP contribution in [0, 0.1) is 12.3 Å². The molecule has 100 valence electrons. The van der Waals surface area contributed by atoms with E-state index in [1.54, 1.807) is 0 Å². The maximum absolute atomic E-state index is 6.14. The highest BCUT2D eigenvalue weighted by molar-refractivity contribution is 5.68. The molecular formula is C16H26N2. The maximum atomic E-state index is 6.14. The molecule has 0 radical (unpaired) electrons. The van der Waals surface area contributed by atoms with E-state index in [1.807, 2.05) is 0 Å². The normalized spacial score (nSPS) is 19.8. The fourth-order valence-corrected chi connectivity index (χ4v) is 2.96. The number of nitrogens with two attached hydrogens (primary N) is 1. The van der Waals surface area contributed by atoms with Crippen molar-refractivity contribution in [1.82, 2.24) is 0 Å². The van der Waals surface area contributed by atoms with Gasteiger partial charge in [0.1, 0.15) is 0 Å². The molecule has 2 nitrogen and oxygen atoms in total.